The summed E-state index contributed by atoms with van der Waals surface area (Å²) in [6, 6.07) is 0.465. The van der Waals surface area contributed by atoms with Crippen LogP contribution < -0.4 is 5.32 Å². The molecule has 1 aliphatic carbocycles. The molecule has 2 fully saturated rings. The largest absolute Gasteiger partial charge is 0.351 e. The van der Waals surface area contributed by atoms with Crippen LogP contribution >= 0.6 is 0 Å². The third-order valence-corrected chi connectivity index (χ3v) is 3.50. The summed E-state index contributed by atoms with van der Waals surface area (Å²) in [4.78, 5) is 11.5. The number of carbonyl (C=O) groups excluding carboxylic acids is 1. The van der Waals surface area contributed by atoms with Crippen LogP contribution in [0.25, 0.3) is 0 Å². The lowest BCUT2D eigenvalue weighted by atomic mass is 9.67. The van der Waals surface area contributed by atoms with E-state index in [1.165, 1.54) is 12.8 Å². The van der Waals surface area contributed by atoms with Crippen molar-refractivity contribution in [3.8, 4) is 0 Å². The maximum Gasteiger partial charge on any atom is 0.228 e. The van der Waals surface area contributed by atoms with E-state index in [1.54, 1.807) is 0 Å². The van der Waals surface area contributed by atoms with Gasteiger partial charge in [-0.25, -0.2) is 0 Å². The fourth-order valence-corrected chi connectivity index (χ4v) is 2.84. The second kappa shape index (κ2) is 2.48. The molecule has 2 aliphatic rings. The Kier molecular flexibility index (Phi) is 1.67. The van der Waals surface area contributed by atoms with Crippen molar-refractivity contribution >= 4 is 5.91 Å². The summed E-state index contributed by atoms with van der Waals surface area (Å²) in [5.74, 6) is 0.916. The van der Waals surface area contributed by atoms with Crippen molar-refractivity contribution in [3.05, 3.63) is 0 Å². The molecule has 2 nitrogen and oxygen atoms in total. The minimum absolute atomic E-state index is 0.0637. The summed E-state index contributed by atoms with van der Waals surface area (Å²) in [6.07, 6.45) is 4.75. The quantitative estimate of drug-likeness (QED) is 0.592. The van der Waals surface area contributed by atoms with Gasteiger partial charge in [0.05, 0.1) is 5.41 Å². The minimum atomic E-state index is 0.0637. The Labute approximate surface area is 73.7 Å². The van der Waals surface area contributed by atoms with Crippen LogP contribution in [0.3, 0.4) is 0 Å². The molecular weight excluding hydrogens is 150 g/mol. The maximum absolute atomic E-state index is 11.5. The number of β-lactam (4-membered cyclic amide) rings is 1. The van der Waals surface area contributed by atoms with Crippen molar-refractivity contribution in [2.45, 2.75) is 45.6 Å². The number of carbonyl (C=O) groups is 1. The lowest BCUT2D eigenvalue weighted by Crippen LogP contribution is -2.67. The maximum atomic E-state index is 11.5. The Morgan fingerprint density at radius 1 is 1.42 bits per heavy atom. The molecule has 1 saturated carbocycles. The van der Waals surface area contributed by atoms with E-state index in [0.717, 1.165) is 12.8 Å². The van der Waals surface area contributed by atoms with Gasteiger partial charge in [0.25, 0.3) is 0 Å². The summed E-state index contributed by atoms with van der Waals surface area (Å²) < 4.78 is 0. The SMILES string of the molecule is CC(C)C1NC(=O)C12CCCC2. The van der Waals surface area contributed by atoms with E-state index in [-0.39, 0.29) is 5.41 Å². The van der Waals surface area contributed by atoms with Crippen LogP contribution in [0.15, 0.2) is 0 Å². The fourth-order valence-electron chi connectivity index (χ4n) is 2.84. The van der Waals surface area contributed by atoms with Crippen LogP contribution in [-0.4, -0.2) is 11.9 Å². The number of amides is 1. The van der Waals surface area contributed by atoms with E-state index >= 15 is 0 Å². The first-order valence-corrected chi connectivity index (χ1v) is 4.98. The van der Waals surface area contributed by atoms with Crippen molar-refractivity contribution in [2.24, 2.45) is 11.3 Å². The number of hydrogen-bond donors (Lipinski definition) is 1. The highest BCUT2D eigenvalue weighted by atomic mass is 16.2. The lowest BCUT2D eigenvalue weighted by Gasteiger charge is -2.48. The Balaban J connectivity index is 2.15. The summed E-state index contributed by atoms with van der Waals surface area (Å²) in [7, 11) is 0. The van der Waals surface area contributed by atoms with Gasteiger partial charge in [0.15, 0.2) is 0 Å². The van der Waals surface area contributed by atoms with Gasteiger partial charge in [0.1, 0.15) is 0 Å². The highest BCUT2D eigenvalue weighted by Gasteiger charge is 2.56. The van der Waals surface area contributed by atoms with E-state index in [9.17, 15) is 4.79 Å². The molecule has 0 radical (unpaired) electrons. The number of rotatable bonds is 1. The first kappa shape index (κ1) is 8.09. The van der Waals surface area contributed by atoms with Crippen molar-refractivity contribution < 1.29 is 4.79 Å². The number of nitrogens with one attached hydrogen (secondary N) is 1. The molecule has 1 heterocycles. The molecule has 0 aromatic heterocycles. The zero-order chi connectivity index (χ0) is 8.77. The van der Waals surface area contributed by atoms with E-state index in [4.69, 9.17) is 0 Å². The van der Waals surface area contributed by atoms with Crippen LogP contribution in [0.4, 0.5) is 0 Å². The Hall–Kier alpha value is -0.530. The van der Waals surface area contributed by atoms with Gasteiger partial charge < -0.3 is 5.32 Å². The molecule has 12 heavy (non-hydrogen) atoms. The molecule has 1 aliphatic heterocycles. The Morgan fingerprint density at radius 3 is 2.42 bits per heavy atom. The van der Waals surface area contributed by atoms with Crippen LogP contribution in [0, 0.1) is 11.3 Å². The van der Waals surface area contributed by atoms with Crippen molar-refractivity contribution in [1.29, 1.82) is 0 Å². The van der Waals surface area contributed by atoms with Gasteiger partial charge in [-0.3, -0.25) is 4.79 Å². The molecule has 1 atom stereocenters. The molecule has 1 unspecified atom stereocenters. The molecule has 0 aromatic carbocycles. The average molecular weight is 167 g/mol. The van der Waals surface area contributed by atoms with Crippen molar-refractivity contribution in [1.82, 2.24) is 5.32 Å². The second-order valence-electron chi connectivity index (χ2n) is 4.56. The molecule has 1 amide bonds. The van der Waals surface area contributed by atoms with Crippen LogP contribution in [0.2, 0.25) is 0 Å². The minimum Gasteiger partial charge on any atom is -0.351 e. The van der Waals surface area contributed by atoms with Gasteiger partial charge in [-0.2, -0.15) is 0 Å². The highest BCUT2D eigenvalue weighted by Crippen LogP contribution is 2.48. The van der Waals surface area contributed by atoms with Gasteiger partial charge in [0.2, 0.25) is 5.91 Å². The molecule has 1 N–H and O–H groups in total. The first-order valence-electron chi connectivity index (χ1n) is 4.98. The van der Waals surface area contributed by atoms with E-state index in [0.29, 0.717) is 17.9 Å². The average Bonchev–Trinajstić information content (AvgIpc) is 2.49. The van der Waals surface area contributed by atoms with Crippen molar-refractivity contribution in [2.75, 3.05) is 0 Å². The fraction of sp³-hybridized carbons (Fsp3) is 0.900. The zero-order valence-corrected chi connectivity index (χ0v) is 7.89. The summed E-state index contributed by atoms with van der Waals surface area (Å²) in [5, 5.41) is 3.04. The highest BCUT2D eigenvalue weighted by molar-refractivity contribution is 5.90. The van der Waals surface area contributed by atoms with Crippen LogP contribution in [0.1, 0.15) is 39.5 Å². The zero-order valence-electron chi connectivity index (χ0n) is 7.89. The summed E-state index contributed by atoms with van der Waals surface area (Å²) in [5.41, 5.74) is 0.0637. The summed E-state index contributed by atoms with van der Waals surface area (Å²) in [6.45, 7) is 4.40. The second-order valence-corrected chi connectivity index (χ2v) is 4.56. The first-order chi connectivity index (χ1) is 5.67. The molecule has 1 spiro atoms. The molecule has 1 saturated heterocycles. The lowest BCUT2D eigenvalue weighted by molar-refractivity contribution is -0.147. The smallest absolute Gasteiger partial charge is 0.228 e. The van der Waals surface area contributed by atoms with Crippen LogP contribution in [0.5, 0.6) is 0 Å². The molecular formula is C10H17NO. The van der Waals surface area contributed by atoms with Crippen molar-refractivity contribution in [3.63, 3.8) is 0 Å². The predicted octanol–water partition coefficient (Wildman–Crippen LogP) is 1.70. The Morgan fingerprint density at radius 2 is 2.00 bits per heavy atom. The predicted molar refractivity (Wildman–Crippen MR) is 47.7 cm³/mol. The van der Waals surface area contributed by atoms with Gasteiger partial charge in [0, 0.05) is 6.04 Å². The normalized spacial score (nSPS) is 32.2. The van der Waals surface area contributed by atoms with E-state index in [2.05, 4.69) is 19.2 Å². The van der Waals surface area contributed by atoms with Gasteiger partial charge in [-0.05, 0) is 18.8 Å². The van der Waals surface area contributed by atoms with Gasteiger partial charge in [-0.15, -0.1) is 0 Å². The molecule has 68 valence electrons. The van der Waals surface area contributed by atoms with Gasteiger partial charge in [-0.1, -0.05) is 26.7 Å². The van der Waals surface area contributed by atoms with Gasteiger partial charge >= 0.3 is 0 Å². The monoisotopic (exact) mass is 167 g/mol. The topological polar surface area (TPSA) is 29.1 Å². The number of hydrogen-bond acceptors (Lipinski definition) is 1. The van der Waals surface area contributed by atoms with Crippen LogP contribution in [-0.2, 0) is 4.79 Å². The van der Waals surface area contributed by atoms with E-state index < -0.39 is 0 Å². The summed E-state index contributed by atoms with van der Waals surface area (Å²) >= 11 is 0. The van der Waals surface area contributed by atoms with E-state index in [1.807, 2.05) is 0 Å². The molecule has 0 bridgehead atoms. The molecule has 0 aromatic rings. The molecule has 2 heteroatoms. The third-order valence-electron chi connectivity index (χ3n) is 3.50. The molecule has 2 rings (SSSR count). The standard InChI is InChI=1S/C10H17NO/c1-7(2)8-10(9(12)11-8)5-3-4-6-10/h7-8H,3-6H2,1-2H3,(H,11,12). The Bertz CT molecular complexity index is 204. The third kappa shape index (κ3) is 0.838.